The first kappa shape index (κ1) is 10.5. The summed E-state index contributed by atoms with van der Waals surface area (Å²) in [7, 11) is 0. The predicted octanol–water partition coefficient (Wildman–Crippen LogP) is 1.53. The highest BCUT2D eigenvalue weighted by molar-refractivity contribution is 5.36. The van der Waals surface area contributed by atoms with Gasteiger partial charge in [0, 0.05) is 19.6 Å². The topological polar surface area (TPSA) is 42.7 Å². The molecule has 2 aromatic rings. The Bertz CT molecular complexity index is 518. The molecule has 0 aliphatic carbocycles. The van der Waals surface area contributed by atoms with Gasteiger partial charge in [-0.1, -0.05) is 24.3 Å². The maximum atomic E-state index is 4.28. The first-order valence-electron chi connectivity index (χ1n) is 6.06. The summed E-state index contributed by atoms with van der Waals surface area (Å²) in [5.41, 5.74) is 2.75. The van der Waals surface area contributed by atoms with E-state index in [0.717, 1.165) is 25.5 Å². The predicted molar refractivity (Wildman–Crippen MR) is 65.7 cm³/mol. The quantitative estimate of drug-likeness (QED) is 0.847. The van der Waals surface area contributed by atoms with Gasteiger partial charge in [0.25, 0.3) is 0 Å². The second-order valence-electron chi connectivity index (χ2n) is 4.36. The van der Waals surface area contributed by atoms with E-state index in [-0.39, 0.29) is 0 Å². The van der Waals surface area contributed by atoms with E-state index in [1.807, 2.05) is 6.33 Å². The maximum Gasteiger partial charge on any atom is 0.141 e. The fraction of sp³-hybridized carbons (Fsp3) is 0.385. The molecule has 17 heavy (non-hydrogen) atoms. The van der Waals surface area contributed by atoms with Gasteiger partial charge in [-0.15, -0.1) is 10.2 Å². The normalized spacial score (nSPS) is 19.0. The van der Waals surface area contributed by atoms with Crippen molar-refractivity contribution >= 4 is 0 Å². The standard InChI is InChI=1S/C13H16N4/c1-2-17-9-15-16-13(17)12-8-14-7-10-5-3-4-6-11(10)12/h3-6,9,12,14H,2,7-8H2,1H3. The molecule has 0 radical (unpaired) electrons. The van der Waals surface area contributed by atoms with E-state index < -0.39 is 0 Å². The first-order valence-corrected chi connectivity index (χ1v) is 6.06. The zero-order chi connectivity index (χ0) is 11.7. The van der Waals surface area contributed by atoms with Crippen molar-refractivity contribution in [3.8, 4) is 0 Å². The Morgan fingerprint density at radius 1 is 1.41 bits per heavy atom. The number of fused-ring (bicyclic) bond motifs is 1. The zero-order valence-corrected chi connectivity index (χ0v) is 9.93. The van der Waals surface area contributed by atoms with Crippen molar-refractivity contribution in [2.75, 3.05) is 6.54 Å². The van der Waals surface area contributed by atoms with E-state index in [0.29, 0.717) is 5.92 Å². The third-order valence-corrected chi connectivity index (χ3v) is 3.39. The Hall–Kier alpha value is -1.68. The molecule has 0 amide bonds. The molecule has 0 saturated carbocycles. The number of hydrogen-bond acceptors (Lipinski definition) is 3. The highest BCUT2D eigenvalue weighted by Crippen LogP contribution is 2.28. The van der Waals surface area contributed by atoms with Crippen molar-refractivity contribution in [2.24, 2.45) is 0 Å². The number of aromatic nitrogens is 3. The molecule has 0 bridgehead atoms. The summed E-state index contributed by atoms with van der Waals surface area (Å²) in [5.74, 6) is 1.38. The van der Waals surface area contributed by atoms with Crippen molar-refractivity contribution in [1.82, 2.24) is 20.1 Å². The molecule has 1 aromatic heterocycles. The number of hydrogen-bond donors (Lipinski definition) is 1. The molecule has 2 heterocycles. The fourth-order valence-electron chi connectivity index (χ4n) is 2.50. The molecular weight excluding hydrogens is 212 g/mol. The van der Waals surface area contributed by atoms with Crippen LogP contribution in [-0.2, 0) is 13.1 Å². The molecule has 1 aromatic carbocycles. The van der Waals surface area contributed by atoms with E-state index in [1.54, 1.807) is 0 Å². The summed E-state index contributed by atoms with van der Waals surface area (Å²) in [5, 5.41) is 11.8. The van der Waals surface area contributed by atoms with Crippen LogP contribution in [0.25, 0.3) is 0 Å². The van der Waals surface area contributed by atoms with Gasteiger partial charge < -0.3 is 9.88 Å². The average Bonchev–Trinajstić information content (AvgIpc) is 2.86. The Morgan fingerprint density at radius 2 is 2.29 bits per heavy atom. The van der Waals surface area contributed by atoms with Gasteiger partial charge >= 0.3 is 0 Å². The molecular formula is C13H16N4. The monoisotopic (exact) mass is 228 g/mol. The van der Waals surface area contributed by atoms with Crippen molar-refractivity contribution < 1.29 is 0 Å². The van der Waals surface area contributed by atoms with Crippen LogP contribution in [0.3, 0.4) is 0 Å². The Balaban J connectivity index is 2.06. The van der Waals surface area contributed by atoms with E-state index in [4.69, 9.17) is 0 Å². The number of aryl methyl sites for hydroxylation is 1. The SMILES string of the molecule is CCn1cnnc1C1CNCc2ccccc21. The van der Waals surface area contributed by atoms with E-state index in [1.165, 1.54) is 11.1 Å². The second-order valence-corrected chi connectivity index (χ2v) is 4.36. The molecule has 4 nitrogen and oxygen atoms in total. The van der Waals surface area contributed by atoms with Gasteiger partial charge in [-0.05, 0) is 18.1 Å². The van der Waals surface area contributed by atoms with Crippen LogP contribution < -0.4 is 5.32 Å². The van der Waals surface area contributed by atoms with Crippen LogP contribution in [0.5, 0.6) is 0 Å². The molecule has 1 aliphatic heterocycles. The van der Waals surface area contributed by atoms with Crippen molar-refractivity contribution in [1.29, 1.82) is 0 Å². The fourth-order valence-corrected chi connectivity index (χ4v) is 2.50. The molecule has 0 spiro atoms. The smallest absolute Gasteiger partial charge is 0.141 e. The molecule has 0 fully saturated rings. The summed E-state index contributed by atoms with van der Waals surface area (Å²) in [4.78, 5) is 0. The minimum absolute atomic E-state index is 0.322. The molecule has 1 aliphatic rings. The third-order valence-electron chi connectivity index (χ3n) is 3.39. The summed E-state index contributed by atoms with van der Waals surface area (Å²) in [6.45, 7) is 4.93. The lowest BCUT2D eigenvalue weighted by atomic mass is 9.90. The lowest BCUT2D eigenvalue weighted by molar-refractivity contribution is 0.547. The molecule has 0 saturated heterocycles. The molecule has 1 N–H and O–H groups in total. The average molecular weight is 228 g/mol. The van der Waals surface area contributed by atoms with Gasteiger partial charge in [-0.25, -0.2) is 0 Å². The van der Waals surface area contributed by atoms with Crippen LogP contribution >= 0.6 is 0 Å². The molecule has 4 heteroatoms. The maximum absolute atomic E-state index is 4.28. The van der Waals surface area contributed by atoms with E-state index in [9.17, 15) is 0 Å². The van der Waals surface area contributed by atoms with Crippen LogP contribution in [0.2, 0.25) is 0 Å². The molecule has 88 valence electrons. The van der Waals surface area contributed by atoms with Gasteiger partial charge in [0.2, 0.25) is 0 Å². The van der Waals surface area contributed by atoms with Crippen LogP contribution in [0.15, 0.2) is 30.6 Å². The van der Waals surface area contributed by atoms with Crippen LogP contribution in [-0.4, -0.2) is 21.3 Å². The Kier molecular flexibility index (Phi) is 2.65. The van der Waals surface area contributed by atoms with E-state index >= 15 is 0 Å². The number of benzene rings is 1. The third kappa shape index (κ3) is 1.74. The van der Waals surface area contributed by atoms with Gasteiger partial charge in [0.15, 0.2) is 0 Å². The number of rotatable bonds is 2. The summed E-state index contributed by atoms with van der Waals surface area (Å²) in [6, 6.07) is 8.58. The summed E-state index contributed by atoms with van der Waals surface area (Å²) < 4.78 is 2.12. The van der Waals surface area contributed by atoms with E-state index in [2.05, 4.69) is 51.3 Å². The lowest BCUT2D eigenvalue weighted by Crippen LogP contribution is -2.30. The Morgan fingerprint density at radius 3 is 3.18 bits per heavy atom. The van der Waals surface area contributed by atoms with Crippen LogP contribution in [0.4, 0.5) is 0 Å². The van der Waals surface area contributed by atoms with Crippen molar-refractivity contribution in [3.63, 3.8) is 0 Å². The lowest BCUT2D eigenvalue weighted by Gasteiger charge is -2.25. The minimum Gasteiger partial charge on any atom is -0.317 e. The van der Waals surface area contributed by atoms with Gasteiger partial charge in [-0.2, -0.15) is 0 Å². The highest BCUT2D eigenvalue weighted by atomic mass is 15.3. The molecule has 3 rings (SSSR count). The molecule has 1 atom stereocenters. The van der Waals surface area contributed by atoms with Crippen molar-refractivity contribution in [3.05, 3.63) is 47.5 Å². The molecule has 1 unspecified atom stereocenters. The van der Waals surface area contributed by atoms with Crippen LogP contribution in [0, 0.1) is 0 Å². The Labute approximate surface area is 101 Å². The summed E-state index contributed by atoms with van der Waals surface area (Å²) >= 11 is 0. The van der Waals surface area contributed by atoms with Crippen LogP contribution in [0.1, 0.15) is 29.8 Å². The highest BCUT2D eigenvalue weighted by Gasteiger charge is 2.24. The second kappa shape index (κ2) is 4.30. The zero-order valence-electron chi connectivity index (χ0n) is 9.93. The largest absolute Gasteiger partial charge is 0.317 e. The minimum atomic E-state index is 0.322. The number of nitrogens with zero attached hydrogens (tertiary/aromatic N) is 3. The van der Waals surface area contributed by atoms with Gasteiger partial charge in [-0.3, -0.25) is 0 Å². The van der Waals surface area contributed by atoms with Gasteiger partial charge in [0.1, 0.15) is 12.2 Å². The number of nitrogens with one attached hydrogen (secondary N) is 1. The van der Waals surface area contributed by atoms with Crippen molar-refractivity contribution in [2.45, 2.75) is 25.9 Å². The first-order chi connectivity index (χ1) is 8.40. The summed E-state index contributed by atoms with van der Waals surface area (Å²) in [6.07, 6.45) is 1.81. The van der Waals surface area contributed by atoms with Gasteiger partial charge in [0.05, 0.1) is 5.92 Å².